The molecule has 2 atom stereocenters. The molecule has 3 fully saturated rings. The van der Waals surface area contributed by atoms with E-state index in [-0.39, 0.29) is 18.4 Å². The molecular formula is C24H26ClN3O4. The Labute approximate surface area is 192 Å². The molecule has 2 aromatic carbocycles. The van der Waals surface area contributed by atoms with E-state index in [1.54, 1.807) is 19.2 Å². The van der Waals surface area contributed by atoms with Gasteiger partial charge >= 0.3 is 0 Å². The number of likely N-dealkylation sites (tertiary alicyclic amines) is 1. The number of imide groups is 1. The fourth-order valence-electron chi connectivity index (χ4n) is 5.34. The standard InChI is InChI=1S/C24H26ClN3O4/c1-32-21-8-3-2-6-17(21)12-26-14-24(15-26)23(31)27(11-16-5-4-7-18(25)9-16)22(30)20-10-19(29)13-28(20)24/h2-9,19-20,29H,10-15H2,1H3. The number of piperazine rings is 1. The molecule has 2 aromatic rings. The number of aliphatic hydroxyl groups is 1. The van der Waals surface area contributed by atoms with E-state index in [2.05, 4.69) is 4.90 Å². The number of para-hydroxylation sites is 1. The summed E-state index contributed by atoms with van der Waals surface area (Å²) in [4.78, 5) is 32.4. The number of carbonyl (C=O) groups is 2. The Morgan fingerprint density at radius 2 is 1.91 bits per heavy atom. The summed E-state index contributed by atoms with van der Waals surface area (Å²) in [6.45, 7) is 2.20. The second-order valence-electron chi connectivity index (χ2n) is 8.91. The molecule has 1 N–H and O–H groups in total. The van der Waals surface area contributed by atoms with Gasteiger partial charge in [-0.05, 0) is 30.2 Å². The molecule has 2 amide bonds. The Morgan fingerprint density at radius 1 is 1.12 bits per heavy atom. The lowest BCUT2D eigenvalue weighted by Gasteiger charge is -2.58. The van der Waals surface area contributed by atoms with Crippen LogP contribution in [0, 0.1) is 0 Å². The van der Waals surface area contributed by atoms with Crippen molar-refractivity contribution in [2.24, 2.45) is 0 Å². The number of hydrogen-bond acceptors (Lipinski definition) is 6. The summed E-state index contributed by atoms with van der Waals surface area (Å²) in [5.41, 5.74) is 1.07. The number of β-amino-alcohol motifs (C(OH)–C–C–N with tert-alkyl or cyclic N) is 1. The predicted octanol–water partition coefficient (Wildman–Crippen LogP) is 1.91. The molecule has 7 nitrogen and oxygen atoms in total. The minimum Gasteiger partial charge on any atom is -0.496 e. The molecule has 32 heavy (non-hydrogen) atoms. The zero-order chi connectivity index (χ0) is 22.5. The molecule has 0 saturated carbocycles. The predicted molar refractivity (Wildman–Crippen MR) is 119 cm³/mol. The molecule has 1 spiro atoms. The summed E-state index contributed by atoms with van der Waals surface area (Å²) >= 11 is 6.11. The van der Waals surface area contributed by atoms with Crippen LogP contribution in [0.2, 0.25) is 5.02 Å². The second kappa shape index (κ2) is 8.15. The molecule has 3 heterocycles. The lowest BCUT2D eigenvalue weighted by atomic mass is 9.82. The van der Waals surface area contributed by atoms with Gasteiger partial charge in [-0.1, -0.05) is 41.9 Å². The second-order valence-corrected chi connectivity index (χ2v) is 9.34. The molecule has 0 aliphatic carbocycles. The molecule has 0 bridgehead atoms. The van der Waals surface area contributed by atoms with Crippen LogP contribution in [0.1, 0.15) is 17.5 Å². The van der Waals surface area contributed by atoms with Gasteiger partial charge < -0.3 is 9.84 Å². The number of rotatable bonds is 5. The highest BCUT2D eigenvalue weighted by Crippen LogP contribution is 2.41. The fourth-order valence-corrected chi connectivity index (χ4v) is 5.55. The smallest absolute Gasteiger partial charge is 0.252 e. The van der Waals surface area contributed by atoms with Crippen molar-refractivity contribution in [3.63, 3.8) is 0 Å². The quantitative estimate of drug-likeness (QED) is 0.694. The molecule has 2 unspecified atom stereocenters. The van der Waals surface area contributed by atoms with Gasteiger partial charge in [0, 0.05) is 36.8 Å². The maximum Gasteiger partial charge on any atom is 0.252 e. The zero-order valence-electron chi connectivity index (χ0n) is 17.9. The maximum absolute atomic E-state index is 13.7. The first-order chi connectivity index (χ1) is 15.4. The van der Waals surface area contributed by atoms with Crippen molar-refractivity contribution in [1.29, 1.82) is 0 Å². The van der Waals surface area contributed by atoms with E-state index in [0.29, 0.717) is 37.6 Å². The Morgan fingerprint density at radius 3 is 2.66 bits per heavy atom. The highest BCUT2D eigenvalue weighted by atomic mass is 35.5. The van der Waals surface area contributed by atoms with Crippen LogP contribution in [0.3, 0.4) is 0 Å². The number of carbonyl (C=O) groups excluding carboxylic acids is 2. The van der Waals surface area contributed by atoms with Gasteiger partial charge in [0.1, 0.15) is 11.3 Å². The van der Waals surface area contributed by atoms with Gasteiger partial charge in [-0.25, -0.2) is 0 Å². The van der Waals surface area contributed by atoms with Crippen molar-refractivity contribution in [1.82, 2.24) is 14.7 Å². The van der Waals surface area contributed by atoms with E-state index in [9.17, 15) is 14.7 Å². The molecule has 3 saturated heterocycles. The summed E-state index contributed by atoms with van der Waals surface area (Å²) in [6, 6.07) is 14.6. The molecule has 0 radical (unpaired) electrons. The van der Waals surface area contributed by atoms with E-state index in [4.69, 9.17) is 16.3 Å². The summed E-state index contributed by atoms with van der Waals surface area (Å²) in [6.07, 6.45) is -0.255. The maximum atomic E-state index is 13.7. The average molecular weight is 456 g/mol. The lowest BCUT2D eigenvalue weighted by Crippen LogP contribution is -2.81. The number of aliphatic hydroxyl groups excluding tert-OH is 1. The largest absolute Gasteiger partial charge is 0.496 e. The lowest BCUT2D eigenvalue weighted by molar-refractivity contribution is -0.181. The van der Waals surface area contributed by atoms with Crippen molar-refractivity contribution in [3.05, 3.63) is 64.7 Å². The summed E-state index contributed by atoms with van der Waals surface area (Å²) in [5, 5.41) is 10.9. The molecule has 8 heteroatoms. The molecular weight excluding hydrogens is 430 g/mol. The van der Waals surface area contributed by atoms with E-state index in [1.807, 2.05) is 41.3 Å². The first-order valence-corrected chi connectivity index (χ1v) is 11.2. The van der Waals surface area contributed by atoms with Gasteiger partial charge in [-0.15, -0.1) is 0 Å². The van der Waals surface area contributed by atoms with Crippen LogP contribution in [0.5, 0.6) is 5.75 Å². The first-order valence-electron chi connectivity index (χ1n) is 10.8. The Hall–Kier alpha value is -2.45. The minimum atomic E-state index is -0.795. The molecule has 5 rings (SSSR count). The number of nitrogens with zero attached hydrogens (tertiary/aromatic N) is 3. The van der Waals surface area contributed by atoms with Gasteiger partial charge in [-0.2, -0.15) is 0 Å². The van der Waals surface area contributed by atoms with Crippen LogP contribution >= 0.6 is 11.6 Å². The third kappa shape index (κ3) is 3.49. The SMILES string of the molecule is COc1ccccc1CN1CC2(C1)C(=O)N(Cc1cccc(Cl)c1)C(=O)C1CC(O)CN12. The third-order valence-corrected chi connectivity index (χ3v) is 7.04. The summed E-state index contributed by atoms with van der Waals surface area (Å²) < 4.78 is 5.46. The number of fused-ring (bicyclic) bond motifs is 2. The number of halogens is 1. The van der Waals surface area contributed by atoms with Gasteiger partial charge in [0.25, 0.3) is 5.91 Å². The Kier molecular flexibility index (Phi) is 5.45. The number of ether oxygens (including phenoxy) is 1. The van der Waals surface area contributed by atoms with E-state index >= 15 is 0 Å². The van der Waals surface area contributed by atoms with E-state index in [0.717, 1.165) is 16.9 Å². The van der Waals surface area contributed by atoms with Crippen LogP contribution in [0.15, 0.2) is 48.5 Å². The highest BCUT2D eigenvalue weighted by molar-refractivity contribution is 6.30. The molecule has 168 valence electrons. The van der Waals surface area contributed by atoms with Crippen molar-refractivity contribution < 1.29 is 19.4 Å². The third-order valence-electron chi connectivity index (χ3n) is 6.81. The molecule has 3 aliphatic rings. The summed E-state index contributed by atoms with van der Waals surface area (Å²) in [7, 11) is 1.65. The van der Waals surface area contributed by atoms with Gasteiger partial charge in [0.2, 0.25) is 5.91 Å². The van der Waals surface area contributed by atoms with Crippen LogP contribution in [0.4, 0.5) is 0 Å². The zero-order valence-corrected chi connectivity index (χ0v) is 18.7. The van der Waals surface area contributed by atoms with Crippen molar-refractivity contribution >= 4 is 23.4 Å². The fraction of sp³-hybridized carbons (Fsp3) is 0.417. The minimum absolute atomic E-state index is 0.187. The summed E-state index contributed by atoms with van der Waals surface area (Å²) in [5.74, 6) is 0.389. The number of amides is 2. The topological polar surface area (TPSA) is 73.3 Å². The van der Waals surface area contributed by atoms with Crippen molar-refractivity contribution in [3.8, 4) is 5.75 Å². The average Bonchev–Trinajstić information content (AvgIpc) is 3.15. The highest BCUT2D eigenvalue weighted by Gasteiger charge is 2.64. The number of benzene rings is 2. The van der Waals surface area contributed by atoms with E-state index < -0.39 is 17.7 Å². The number of methoxy groups -OCH3 is 1. The first kappa shape index (κ1) is 21.4. The molecule has 0 aromatic heterocycles. The van der Waals surface area contributed by atoms with Crippen LogP contribution < -0.4 is 4.74 Å². The molecule has 3 aliphatic heterocycles. The van der Waals surface area contributed by atoms with Gasteiger partial charge in [0.05, 0.1) is 25.8 Å². The van der Waals surface area contributed by atoms with Gasteiger partial charge in [0.15, 0.2) is 0 Å². The van der Waals surface area contributed by atoms with Crippen LogP contribution in [0.25, 0.3) is 0 Å². The van der Waals surface area contributed by atoms with Crippen LogP contribution in [-0.2, 0) is 22.7 Å². The van der Waals surface area contributed by atoms with E-state index in [1.165, 1.54) is 4.90 Å². The Balaban J connectivity index is 1.40. The van der Waals surface area contributed by atoms with Gasteiger partial charge in [-0.3, -0.25) is 24.3 Å². The van der Waals surface area contributed by atoms with Crippen molar-refractivity contribution in [2.45, 2.75) is 37.2 Å². The van der Waals surface area contributed by atoms with Crippen molar-refractivity contribution in [2.75, 3.05) is 26.7 Å². The number of hydrogen-bond donors (Lipinski definition) is 1. The monoisotopic (exact) mass is 455 g/mol. The normalized spacial score (nSPS) is 25.2. The Bertz CT molecular complexity index is 1060. The van der Waals surface area contributed by atoms with Crippen LogP contribution in [-0.4, -0.2) is 76.0 Å².